The third kappa shape index (κ3) is 3.16. The molecule has 33 heavy (non-hydrogen) atoms. The molecule has 5 unspecified atom stereocenters. The lowest BCUT2D eigenvalue weighted by Gasteiger charge is -2.70. The lowest BCUT2D eigenvalue weighted by Crippen LogP contribution is -2.66. The van der Waals surface area contributed by atoms with E-state index in [1.165, 1.54) is 32.1 Å². The molecule has 0 spiro atoms. The van der Waals surface area contributed by atoms with Crippen LogP contribution in [0.25, 0.3) is 0 Å². The summed E-state index contributed by atoms with van der Waals surface area (Å²) in [5.74, 6) is 1.85. The highest BCUT2D eigenvalue weighted by Crippen LogP contribution is 2.76. The Hall–Kier alpha value is -0.120. The maximum absolute atomic E-state index is 11.9. The molecule has 0 bridgehead atoms. The van der Waals surface area contributed by atoms with Gasteiger partial charge in [-0.3, -0.25) is 0 Å². The van der Waals surface area contributed by atoms with Gasteiger partial charge in [0, 0.05) is 0 Å². The van der Waals surface area contributed by atoms with E-state index < -0.39 is 0 Å². The fourth-order valence-electron chi connectivity index (χ4n) is 11.3. The summed E-state index contributed by atoms with van der Waals surface area (Å²) in [4.78, 5) is 0. The number of fused-ring (bicyclic) bond motifs is 5. The molecular weight excluding hydrogens is 408 g/mol. The van der Waals surface area contributed by atoms with Gasteiger partial charge in [0.2, 0.25) is 0 Å². The first-order chi connectivity index (χ1) is 15.1. The van der Waals surface area contributed by atoms with Crippen molar-refractivity contribution in [3.05, 3.63) is 0 Å². The van der Waals surface area contributed by atoms with Crippen molar-refractivity contribution in [2.75, 3.05) is 0 Å². The average molecular weight is 461 g/mol. The molecule has 3 nitrogen and oxygen atoms in total. The highest BCUT2D eigenvalue weighted by atomic mass is 16.5. The van der Waals surface area contributed by atoms with Gasteiger partial charge in [-0.2, -0.15) is 0 Å². The molecule has 5 fully saturated rings. The molecule has 1 heterocycles. The normalized spacial score (nSPS) is 57.6. The van der Waals surface area contributed by atoms with Crippen LogP contribution in [0.3, 0.4) is 0 Å². The molecule has 5 aliphatic rings. The van der Waals surface area contributed by atoms with Crippen molar-refractivity contribution in [1.29, 1.82) is 0 Å². The number of rotatable bonds is 1. The van der Waals surface area contributed by atoms with E-state index in [-0.39, 0.29) is 45.1 Å². The summed E-state index contributed by atoms with van der Waals surface area (Å²) in [6.07, 6.45) is 10.9. The third-order valence-electron chi connectivity index (χ3n) is 13.1. The number of hydrogen-bond acceptors (Lipinski definition) is 3. The standard InChI is InChI=1S/C30H52O3/c1-25(2)13-9-14-30(8,33-25)19-10-16-29(7)24(19)20(31)18-22-27(5)15-12-23(32)26(3,4)21(27)11-17-28(22,29)6/h19-24,31-32H,9-18H2,1-8H3/t19?,20?,21?,22-,23?,24+,27+,28-,29-,30?/m1/s1. The van der Waals surface area contributed by atoms with E-state index in [4.69, 9.17) is 4.74 Å². The molecule has 10 atom stereocenters. The molecule has 2 N–H and O–H groups in total. The van der Waals surface area contributed by atoms with E-state index in [9.17, 15) is 10.2 Å². The number of aliphatic hydroxyl groups is 2. The minimum atomic E-state index is -0.239. The number of aliphatic hydroxyl groups excluding tert-OH is 2. The predicted molar refractivity (Wildman–Crippen MR) is 134 cm³/mol. The van der Waals surface area contributed by atoms with Gasteiger partial charge in [0.25, 0.3) is 0 Å². The topological polar surface area (TPSA) is 49.7 Å². The van der Waals surface area contributed by atoms with Crippen molar-refractivity contribution in [3.8, 4) is 0 Å². The van der Waals surface area contributed by atoms with Gasteiger partial charge < -0.3 is 14.9 Å². The van der Waals surface area contributed by atoms with Crippen LogP contribution >= 0.6 is 0 Å². The molecule has 4 saturated carbocycles. The van der Waals surface area contributed by atoms with Crippen LogP contribution in [0.2, 0.25) is 0 Å². The summed E-state index contributed by atoms with van der Waals surface area (Å²) >= 11 is 0. The molecule has 1 aliphatic heterocycles. The SMILES string of the molecule is CC1(C)CCCC(C)(C2CC[C@]3(C)[C@@H]2C(O)C[C@@H]2[C@@]4(C)CCC(O)C(C)(C)C4CC[C@]23C)O1. The van der Waals surface area contributed by atoms with Gasteiger partial charge in [0.05, 0.1) is 23.4 Å². The lowest BCUT2D eigenvalue weighted by atomic mass is 9.35. The van der Waals surface area contributed by atoms with Gasteiger partial charge in [-0.05, 0) is 130 Å². The van der Waals surface area contributed by atoms with Crippen molar-refractivity contribution >= 4 is 0 Å². The molecule has 0 radical (unpaired) electrons. The molecule has 3 heteroatoms. The Labute approximate surface area is 203 Å². The van der Waals surface area contributed by atoms with E-state index in [0.29, 0.717) is 23.7 Å². The molecule has 5 rings (SSSR count). The highest BCUT2D eigenvalue weighted by molar-refractivity contribution is 5.20. The fraction of sp³-hybridized carbons (Fsp3) is 1.00. The van der Waals surface area contributed by atoms with E-state index in [0.717, 1.165) is 32.1 Å². The third-order valence-corrected chi connectivity index (χ3v) is 13.1. The minimum Gasteiger partial charge on any atom is -0.393 e. The van der Waals surface area contributed by atoms with Crippen molar-refractivity contribution in [3.63, 3.8) is 0 Å². The van der Waals surface area contributed by atoms with Crippen molar-refractivity contribution in [1.82, 2.24) is 0 Å². The van der Waals surface area contributed by atoms with Gasteiger partial charge in [-0.15, -0.1) is 0 Å². The van der Waals surface area contributed by atoms with Crippen molar-refractivity contribution in [2.24, 2.45) is 45.3 Å². The Morgan fingerprint density at radius 1 is 0.697 bits per heavy atom. The summed E-state index contributed by atoms with van der Waals surface area (Å²) in [7, 11) is 0. The summed E-state index contributed by atoms with van der Waals surface area (Å²) in [5, 5.41) is 22.8. The summed E-state index contributed by atoms with van der Waals surface area (Å²) in [6, 6.07) is 0. The van der Waals surface area contributed by atoms with Gasteiger partial charge in [-0.25, -0.2) is 0 Å². The van der Waals surface area contributed by atoms with Crippen molar-refractivity contribution < 1.29 is 14.9 Å². The van der Waals surface area contributed by atoms with E-state index in [1.807, 2.05) is 0 Å². The van der Waals surface area contributed by atoms with Crippen LogP contribution in [0, 0.1) is 45.3 Å². The largest absolute Gasteiger partial charge is 0.393 e. The second-order valence-corrected chi connectivity index (χ2v) is 15.4. The summed E-state index contributed by atoms with van der Waals surface area (Å²) < 4.78 is 6.86. The van der Waals surface area contributed by atoms with Crippen LogP contribution in [-0.2, 0) is 4.74 Å². The minimum absolute atomic E-state index is 0.0375. The van der Waals surface area contributed by atoms with Crippen LogP contribution in [0.1, 0.15) is 120 Å². The van der Waals surface area contributed by atoms with Gasteiger partial charge >= 0.3 is 0 Å². The zero-order valence-corrected chi connectivity index (χ0v) is 22.8. The predicted octanol–water partition coefficient (Wildman–Crippen LogP) is 6.74. The maximum atomic E-state index is 11.9. The Morgan fingerprint density at radius 3 is 2.03 bits per heavy atom. The smallest absolute Gasteiger partial charge is 0.0693 e. The van der Waals surface area contributed by atoms with Crippen LogP contribution in [0.15, 0.2) is 0 Å². The average Bonchev–Trinajstić information content (AvgIpc) is 3.07. The molecule has 4 aliphatic carbocycles. The van der Waals surface area contributed by atoms with Gasteiger partial charge in [0.15, 0.2) is 0 Å². The Balaban J connectivity index is 1.51. The van der Waals surface area contributed by atoms with Crippen LogP contribution in [0.5, 0.6) is 0 Å². The first-order valence-corrected chi connectivity index (χ1v) is 14.2. The Morgan fingerprint density at radius 2 is 1.36 bits per heavy atom. The van der Waals surface area contributed by atoms with Crippen LogP contribution in [0.4, 0.5) is 0 Å². The molecule has 0 aromatic carbocycles. The van der Waals surface area contributed by atoms with E-state index in [2.05, 4.69) is 55.4 Å². The molecule has 0 aromatic heterocycles. The van der Waals surface area contributed by atoms with Crippen molar-refractivity contribution in [2.45, 2.75) is 143 Å². The zero-order chi connectivity index (χ0) is 24.2. The van der Waals surface area contributed by atoms with E-state index in [1.54, 1.807) is 0 Å². The van der Waals surface area contributed by atoms with Crippen LogP contribution < -0.4 is 0 Å². The fourth-order valence-corrected chi connectivity index (χ4v) is 11.3. The molecular formula is C30H52O3. The van der Waals surface area contributed by atoms with Gasteiger partial charge in [-0.1, -0.05) is 34.6 Å². The number of hydrogen-bond donors (Lipinski definition) is 2. The molecule has 0 aromatic rings. The highest BCUT2D eigenvalue weighted by Gasteiger charge is 2.71. The van der Waals surface area contributed by atoms with Gasteiger partial charge in [0.1, 0.15) is 0 Å². The summed E-state index contributed by atoms with van der Waals surface area (Å²) in [6.45, 7) is 19.2. The molecule has 190 valence electrons. The lowest BCUT2D eigenvalue weighted by molar-refractivity contribution is -0.257. The maximum Gasteiger partial charge on any atom is 0.0693 e. The van der Waals surface area contributed by atoms with Crippen LogP contribution in [-0.4, -0.2) is 33.6 Å². The Bertz CT molecular complexity index is 789. The number of ether oxygens (including phenoxy) is 1. The molecule has 0 amide bonds. The summed E-state index contributed by atoms with van der Waals surface area (Å²) in [5.41, 5.74) is 0.392. The molecule has 1 saturated heterocycles. The first-order valence-electron chi connectivity index (χ1n) is 14.2. The van der Waals surface area contributed by atoms with E-state index >= 15 is 0 Å². The quantitative estimate of drug-likeness (QED) is 0.455. The second-order valence-electron chi connectivity index (χ2n) is 15.4. The first kappa shape index (κ1) is 24.6. The zero-order valence-electron chi connectivity index (χ0n) is 22.8. The monoisotopic (exact) mass is 460 g/mol. The second kappa shape index (κ2) is 7.22. The Kier molecular flexibility index (Phi) is 5.38.